The van der Waals surface area contributed by atoms with E-state index >= 15 is 0 Å². The van der Waals surface area contributed by atoms with Crippen LogP contribution >= 0.6 is 0 Å². The van der Waals surface area contributed by atoms with Crippen LogP contribution in [0.15, 0.2) is 30.3 Å². The Balaban J connectivity index is 1.87. The quantitative estimate of drug-likeness (QED) is 0.866. The van der Waals surface area contributed by atoms with Crippen LogP contribution in [0.1, 0.15) is 18.4 Å². The number of hydrogen-bond donors (Lipinski definition) is 1. The summed E-state index contributed by atoms with van der Waals surface area (Å²) >= 11 is 0. The zero-order valence-electron chi connectivity index (χ0n) is 9.84. The van der Waals surface area contributed by atoms with Crippen molar-refractivity contribution >= 4 is 6.09 Å². The maximum absolute atomic E-state index is 10.7. The fraction of sp³-hybridized carbons (Fsp3) is 0.462. The molecule has 1 aromatic carbocycles. The Morgan fingerprint density at radius 3 is 2.88 bits per heavy atom. The normalized spacial score (nSPS) is 21.1. The minimum atomic E-state index is -0.670. The number of primary amides is 1. The van der Waals surface area contributed by atoms with E-state index < -0.39 is 6.09 Å². The minimum Gasteiger partial charge on any atom is -0.445 e. The monoisotopic (exact) mass is 234 g/mol. The molecular weight excluding hydrogens is 216 g/mol. The third-order valence-electron chi connectivity index (χ3n) is 2.99. The molecule has 1 aliphatic rings. The highest BCUT2D eigenvalue weighted by Gasteiger charge is 2.22. The molecule has 0 unspecified atom stereocenters. The Kier molecular flexibility index (Phi) is 3.98. The molecule has 1 aromatic rings. The van der Waals surface area contributed by atoms with Crippen LogP contribution in [0, 0.1) is 0 Å². The predicted octanol–water partition coefficient (Wildman–Crippen LogP) is 1.75. The molecule has 0 aromatic heterocycles. The lowest BCUT2D eigenvalue weighted by Crippen LogP contribution is -2.40. The summed E-state index contributed by atoms with van der Waals surface area (Å²) in [5, 5.41) is 0. The minimum absolute atomic E-state index is 0.0510. The van der Waals surface area contributed by atoms with Gasteiger partial charge in [-0.05, 0) is 24.9 Å². The van der Waals surface area contributed by atoms with Gasteiger partial charge in [0.05, 0.1) is 0 Å². The van der Waals surface area contributed by atoms with E-state index in [2.05, 4.69) is 17.0 Å². The second-order valence-electron chi connectivity index (χ2n) is 4.42. The van der Waals surface area contributed by atoms with Gasteiger partial charge in [-0.25, -0.2) is 4.79 Å². The molecule has 0 aliphatic carbocycles. The average Bonchev–Trinajstić information content (AvgIpc) is 2.30. The first-order valence-electron chi connectivity index (χ1n) is 5.96. The second kappa shape index (κ2) is 5.68. The van der Waals surface area contributed by atoms with Gasteiger partial charge >= 0.3 is 6.09 Å². The van der Waals surface area contributed by atoms with Gasteiger partial charge in [-0.15, -0.1) is 0 Å². The van der Waals surface area contributed by atoms with Crippen LogP contribution in [0.25, 0.3) is 0 Å². The Labute approximate surface area is 101 Å². The summed E-state index contributed by atoms with van der Waals surface area (Å²) in [6, 6.07) is 10.3. The SMILES string of the molecule is NC(=O)O[C@@H]1CCCN(Cc2ccccc2)C1. The number of hydrogen-bond acceptors (Lipinski definition) is 3. The van der Waals surface area contributed by atoms with Crippen molar-refractivity contribution in [1.29, 1.82) is 0 Å². The van der Waals surface area contributed by atoms with Gasteiger partial charge in [0.1, 0.15) is 6.10 Å². The van der Waals surface area contributed by atoms with Gasteiger partial charge < -0.3 is 10.5 Å². The number of ether oxygens (including phenoxy) is 1. The summed E-state index contributed by atoms with van der Waals surface area (Å²) in [4.78, 5) is 13.0. The molecule has 1 saturated heterocycles. The number of rotatable bonds is 3. The first-order valence-corrected chi connectivity index (χ1v) is 5.96. The first kappa shape index (κ1) is 11.9. The molecule has 92 valence electrons. The van der Waals surface area contributed by atoms with E-state index in [0.29, 0.717) is 0 Å². The van der Waals surface area contributed by atoms with Crippen molar-refractivity contribution in [3.8, 4) is 0 Å². The van der Waals surface area contributed by atoms with Crippen LogP contribution in [-0.4, -0.2) is 30.2 Å². The predicted molar refractivity (Wildman–Crippen MR) is 65.4 cm³/mol. The van der Waals surface area contributed by atoms with Gasteiger partial charge in [-0.2, -0.15) is 0 Å². The number of carbonyl (C=O) groups is 1. The smallest absolute Gasteiger partial charge is 0.404 e. The highest BCUT2D eigenvalue weighted by Crippen LogP contribution is 2.15. The molecule has 0 saturated carbocycles. The van der Waals surface area contributed by atoms with E-state index in [4.69, 9.17) is 10.5 Å². The largest absolute Gasteiger partial charge is 0.445 e. The third kappa shape index (κ3) is 3.75. The standard InChI is InChI=1S/C13H18N2O2/c14-13(16)17-12-7-4-8-15(10-12)9-11-5-2-1-3-6-11/h1-3,5-6,12H,4,7-10H2,(H2,14,16)/t12-/m1/s1. The van der Waals surface area contributed by atoms with E-state index in [1.807, 2.05) is 18.2 Å². The molecule has 1 amide bonds. The molecule has 1 heterocycles. The lowest BCUT2D eigenvalue weighted by atomic mass is 10.1. The lowest BCUT2D eigenvalue weighted by Gasteiger charge is -2.31. The highest BCUT2D eigenvalue weighted by atomic mass is 16.6. The van der Waals surface area contributed by atoms with Crippen molar-refractivity contribution in [2.45, 2.75) is 25.5 Å². The van der Waals surface area contributed by atoms with Crippen LogP contribution < -0.4 is 5.73 Å². The molecule has 2 N–H and O–H groups in total. The summed E-state index contributed by atoms with van der Waals surface area (Å²) in [5.41, 5.74) is 6.33. The van der Waals surface area contributed by atoms with Crippen molar-refractivity contribution in [2.75, 3.05) is 13.1 Å². The van der Waals surface area contributed by atoms with E-state index in [1.165, 1.54) is 5.56 Å². The highest BCUT2D eigenvalue weighted by molar-refractivity contribution is 5.64. The van der Waals surface area contributed by atoms with Crippen LogP contribution in [0.2, 0.25) is 0 Å². The van der Waals surface area contributed by atoms with E-state index in [-0.39, 0.29) is 6.10 Å². The third-order valence-corrected chi connectivity index (χ3v) is 2.99. The molecule has 0 radical (unpaired) electrons. The van der Waals surface area contributed by atoms with Crippen molar-refractivity contribution < 1.29 is 9.53 Å². The fourth-order valence-electron chi connectivity index (χ4n) is 2.26. The maximum atomic E-state index is 10.7. The molecule has 4 heteroatoms. The number of piperidine rings is 1. The number of nitrogens with zero attached hydrogens (tertiary/aromatic N) is 1. The molecule has 0 spiro atoms. The number of likely N-dealkylation sites (tertiary alicyclic amines) is 1. The molecule has 1 aliphatic heterocycles. The van der Waals surface area contributed by atoms with E-state index in [1.54, 1.807) is 0 Å². The van der Waals surface area contributed by atoms with Crippen molar-refractivity contribution in [2.24, 2.45) is 5.73 Å². The Morgan fingerprint density at radius 2 is 2.18 bits per heavy atom. The Bertz CT molecular complexity index is 367. The maximum Gasteiger partial charge on any atom is 0.404 e. The summed E-state index contributed by atoms with van der Waals surface area (Å²) in [7, 11) is 0. The lowest BCUT2D eigenvalue weighted by molar-refractivity contribution is 0.0447. The molecule has 1 fully saturated rings. The molecule has 1 atom stereocenters. The van der Waals surface area contributed by atoms with Crippen LogP contribution in [0.5, 0.6) is 0 Å². The van der Waals surface area contributed by atoms with Crippen molar-refractivity contribution in [1.82, 2.24) is 4.90 Å². The number of amides is 1. The molecule has 17 heavy (non-hydrogen) atoms. The zero-order chi connectivity index (χ0) is 12.1. The molecule has 2 rings (SSSR count). The van der Waals surface area contributed by atoms with Gasteiger partial charge in [0.25, 0.3) is 0 Å². The average molecular weight is 234 g/mol. The van der Waals surface area contributed by atoms with Crippen LogP contribution in [-0.2, 0) is 11.3 Å². The van der Waals surface area contributed by atoms with Gasteiger partial charge in [0.15, 0.2) is 0 Å². The Morgan fingerprint density at radius 1 is 1.41 bits per heavy atom. The molecule has 4 nitrogen and oxygen atoms in total. The van der Waals surface area contributed by atoms with Crippen molar-refractivity contribution in [3.05, 3.63) is 35.9 Å². The topological polar surface area (TPSA) is 55.6 Å². The summed E-state index contributed by atoms with van der Waals surface area (Å²) < 4.78 is 5.06. The second-order valence-corrected chi connectivity index (χ2v) is 4.42. The molecule has 0 bridgehead atoms. The summed E-state index contributed by atoms with van der Waals surface area (Å²) in [6.45, 7) is 2.73. The summed E-state index contributed by atoms with van der Waals surface area (Å²) in [5.74, 6) is 0. The number of benzene rings is 1. The van der Waals surface area contributed by atoms with Crippen LogP contribution in [0.4, 0.5) is 4.79 Å². The van der Waals surface area contributed by atoms with Crippen molar-refractivity contribution in [3.63, 3.8) is 0 Å². The van der Waals surface area contributed by atoms with E-state index in [9.17, 15) is 4.79 Å². The molecular formula is C13H18N2O2. The first-order chi connectivity index (χ1) is 8.24. The van der Waals surface area contributed by atoms with Gasteiger partial charge in [-0.1, -0.05) is 30.3 Å². The van der Waals surface area contributed by atoms with Gasteiger partial charge in [0.2, 0.25) is 0 Å². The number of nitrogens with two attached hydrogens (primary N) is 1. The van der Waals surface area contributed by atoms with Gasteiger partial charge in [0, 0.05) is 13.1 Å². The van der Waals surface area contributed by atoms with E-state index in [0.717, 1.165) is 32.5 Å². The zero-order valence-corrected chi connectivity index (χ0v) is 9.84. The summed E-state index contributed by atoms with van der Waals surface area (Å²) in [6.07, 6.45) is 1.24. The number of carbonyl (C=O) groups excluding carboxylic acids is 1. The Hall–Kier alpha value is -1.55. The van der Waals surface area contributed by atoms with Gasteiger partial charge in [-0.3, -0.25) is 4.90 Å². The van der Waals surface area contributed by atoms with Crippen LogP contribution in [0.3, 0.4) is 0 Å². The fourth-order valence-corrected chi connectivity index (χ4v) is 2.26.